The first-order valence-electron chi connectivity index (χ1n) is 5.77. The average Bonchev–Trinajstić information content (AvgIpc) is 2.43. The van der Waals surface area contributed by atoms with Gasteiger partial charge in [0.1, 0.15) is 0 Å². The Labute approximate surface area is 111 Å². The molecule has 0 fully saturated rings. The van der Waals surface area contributed by atoms with Gasteiger partial charge in [-0.15, -0.1) is 0 Å². The number of hydrogen-bond acceptors (Lipinski definition) is 5. The molecule has 0 spiro atoms. The van der Waals surface area contributed by atoms with Gasteiger partial charge < -0.3 is 19.9 Å². The highest BCUT2D eigenvalue weighted by Crippen LogP contribution is 2.34. The standard InChI is InChI=1S/C14H16N2O3/c1-9-4-6-11(12(8-9)17-2)19-14-10(15)5-7-13(16-14)18-3/h4-8H,15H2,1-3H3. The summed E-state index contributed by atoms with van der Waals surface area (Å²) in [6.07, 6.45) is 0. The number of nitrogens with two attached hydrogens (primary N) is 1. The molecule has 5 heteroatoms. The summed E-state index contributed by atoms with van der Waals surface area (Å²) in [5.74, 6) is 1.92. The van der Waals surface area contributed by atoms with Gasteiger partial charge in [0.05, 0.1) is 19.9 Å². The normalized spacial score (nSPS) is 10.1. The highest BCUT2D eigenvalue weighted by atomic mass is 16.5. The number of nitrogens with zero attached hydrogens (tertiary/aromatic N) is 1. The fourth-order valence-corrected chi connectivity index (χ4v) is 1.59. The first-order valence-corrected chi connectivity index (χ1v) is 5.77. The number of benzene rings is 1. The number of methoxy groups -OCH3 is 2. The predicted molar refractivity (Wildman–Crippen MR) is 73.0 cm³/mol. The second-order valence-electron chi connectivity index (χ2n) is 4.00. The molecule has 2 rings (SSSR count). The van der Waals surface area contributed by atoms with Gasteiger partial charge in [-0.1, -0.05) is 6.07 Å². The third-order valence-electron chi connectivity index (χ3n) is 2.60. The van der Waals surface area contributed by atoms with Crippen LogP contribution in [0.25, 0.3) is 0 Å². The van der Waals surface area contributed by atoms with Crippen molar-refractivity contribution in [1.82, 2.24) is 4.98 Å². The molecule has 0 saturated heterocycles. The van der Waals surface area contributed by atoms with E-state index in [0.29, 0.717) is 28.9 Å². The van der Waals surface area contributed by atoms with Crippen molar-refractivity contribution in [1.29, 1.82) is 0 Å². The SMILES string of the molecule is COc1ccc(N)c(Oc2ccc(C)cc2OC)n1. The zero-order valence-corrected chi connectivity index (χ0v) is 11.1. The summed E-state index contributed by atoms with van der Waals surface area (Å²) in [7, 11) is 3.12. The van der Waals surface area contributed by atoms with Gasteiger partial charge in [-0.3, -0.25) is 0 Å². The van der Waals surface area contributed by atoms with Crippen LogP contribution in [0.4, 0.5) is 5.69 Å². The van der Waals surface area contributed by atoms with E-state index in [1.807, 2.05) is 25.1 Å². The smallest absolute Gasteiger partial charge is 0.246 e. The molecule has 0 amide bonds. The molecular formula is C14H16N2O3. The van der Waals surface area contributed by atoms with Crippen molar-refractivity contribution in [2.24, 2.45) is 0 Å². The van der Waals surface area contributed by atoms with E-state index in [2.05, 4.69) is 4.98 Å². The van der Waals surface area contributed by atoms with Gasteiger partial charge in [0.15, 0.2) is 11.5 Å². The summed E-state index contributed by atoms with van der Waals surface area (Å²) >= 11 is 0. The molecule has 2 N–H and O–H groups in total. The lowest BCUT2D eigenvalue weighted by molar-refractivity contribution is 0.363. The van der Waals surface area contributed by atoms with Crippen LogP contribution in [0.2, 0.25) is 0 Å². The van der Waals surface area contributed by atoms with Gasteiger partial charge in [-0.05, 0) is 30.7 Å². The maximum absolute atomic E-state index is 5.83. The van der Waals surface area contributed by atoms with Gasteiger partial charge in [-0.25, -0.2) is 0 Å². The minimum atomic E-state index is 0.293. The van der Waals surface area contributed by atoms with Crippen LogP contribution >= 0.6 is 0 Å². The maximum Gasteiger partial charge on any atom is 0.246 e. The van der Waals surface area contributed by atoms with Crippen LogP contribution in [0.5, 0.6) is 23.3 Å². The molecule has 2 aromatic rings. The summed E-state index contributed by atoms with van der Waals surface area (Å²) in [6, 6.07) is 8.98. The van der Waals surface area contributed by atoms with Crippen molar-refractivity contribution in [3.63, 3.8) is 0 Å². The number of nitrogen functional groups attached to an aromatic ring is 1. The second-order valence-corrected chi connectivity index (χ2v) is 4.00. The van der Waals surface area contributed by atoms with Crippen molar-refractivity contribution in [2.75, 3.05) is 20.0 Å². The Hall–Kier alpha value is -2.43. The zero-order valence-electron chi connectivity index (χ0n) is 11.1. The van der Waals surface area contributed by atoms with Crippen LogP contribution < -0.4 is 19.9 Å². The molecule has 0 radical (unpaired) electrons. The van der Waals surface area contributed by atoms with Gasteiger partial charge in [-0.2, -0.15) is 4.98 Å². The van der Waals surface area contributed by atoms with E-state index < -0.39 is 0 Å². The van der Waals surface area contributed by atoms with Gasteiger partial charge in [0.2, 0.25) is 11.8 Å². The second kappa shape index (κ2) is 5.48. The molecule has 0 unspecified atom stereocenters. The summed E-state index contributed by atoms with van der Waals surface area (Å²) < 4.78 is 16.0. The minimum absolute atomic E-state index is 0.293. The van der Waals surface area contributed by atoms with Gasteiger partial charge in [0.25, 0.3) is 0 Å². The lowest BCUT2D eigenvalue weighted by atomic mass is 10.2. The largest absolute Gasteiger partial charge is 0.493 e. The summed E-state index contributed by atoms with van der Waals surface area (Å²) in [5.41, 5.74) is 7.34. The molecule has 1 aromatic carbocycles. The summed E-state index contributed by atoms with van der Waals surface area (Å²) in [5, 5.41) is 0. The van der Waals surface area contributed by atoms with Crippen LogP contribution in [-0.4, -0.2) is 19.2 Å². The van der Waals surface area contributed by atoms with Crippen LogP contribution in [-0.2, 0) is 0 Å². The maximum atomic E-state index is 5.83. The van der Waals surface area contributed by atoms with E-state index in [4.69, 9.17) is 19.9 Å². The van der Waals surface area contributed by atoms with Crippen LogP contribution in [0, 0.1) is 6.92 Å². The number of pyridine rings is 1. The monoisotopic (exact) mass is 260 g/mol. The van der Waals surface area contributed by atoms with E-state index in [9.17, 15) is 0 Å². The molecule has 100 valence electrons. The Kier molecular flexibility index (Phi) is 3.75. The van der Waals surface area contributed by atoms with E-state index in [1.54, 1.807) is 19.2 Å². The molecule has 5 nitrogen and oxygen atoms in total. The molecule has 0 aliphatic carbocycles. The predicted octanol–water partition coefficient (Wildman–Crippen LogP) is 2.78. The minimum Gasteiger partial charge on any atom is -0.493 e. The van der Waals surface area contributed by atoms with Crippen molar-refractivity contribution >= 4 is 5.69 Å². The van der Waals surface area contributed by atoms with Crippen molar-refractivity contribution in [2.45, 2.75) is 6.92 Å². The van der Waals surface area contributed by atoms with Crippen LogP contribution in [0.3, 0.4) is 0 Å². The highest BCUT2D eigenvalue weighted by Gasteiger charge is 2.10. The fraction of sp³-hybridized carbons (Fsp3) is 0.214. The molecule has 0 atom stereocenters. The number of aryl methyl sites for hydroxylation is 1. The van der Waals surface area contributed by atoms with E-state index in [-0.39, 0.29) is 0 Å². The third-order valence-corrected chi connectivity index (χ3v) is 2.60. The Balaban J connectivity index is 2.35. The Bertz CT molecular complexity index is 585. The van der Waals surface area contributed by atoms with Crippen molar-refractivity contribution in [3.8, 4) is 23.3 Å². The lowest BCUT2D eigenvalue weighted by Gasteiger charge is -2.12. The first-order chi connectivity index (χ1) is 9.13. The molecule has 1 heterocycles. The lowest BCUT2D eigenvalue weighted by Crippen LogP contribution is -1.98. The van der Waals surface area contributed by atoms with Gasteiger partial charge in [0, 0.05) is 6.07 Å². The molecule has 0 aliphatic heterocycles. The van der Waals surface area contributed by atoms with Crippen molar-refractivity contribution < 1.29 is 14.2 Å². The third kappa shape index (κ3) is 2.88. The highest BCUT2D eigenvalue weighted by molar-refractivity contribution is 5.53. The molecule has 0 bridgehead atoms. The van der Waals surface area contributed by atoms with Crippen LogP contribution in [0.15, 0.2) is 30.3 Å². The number of anilines is 1. The van der Waals surface area contributed by atoms with Gasteiger partial charge >= 0.3 is 0 Å². The Morgan fingerprint density at radius 1 is 1.00 bits per heavy atom. The number of aromatic nitrogens is 1. The zero-order chi connectivity index (χ0) is 13.8. The number of ether oxygens (including phenoxy) is 3. The fourth-order valence-electron chi connectivity index (χ4n) is 1.59. The molecular weight excluding hydrogens is 244 g/mol. The quantitative estimate of drug-likeness (QED) is 0.915. The first kappa shape index (κ1) is 13.0. The molecule has 1 aromatic heterocycles. The molecule has 0 aliphatic rings. The van der Waals surface area contributed by atoms with E-state index in [0.717, 1.165) is 5.56 Å². The topological polar surface area (TPSA) is 66.6 Å². The van der Waals surface area contributed by atoms with E-state index >= 15 is 0 Å². The number of rotatable bonds is 4. The number of hydrogen-bond donors (Lipinski definition) is 1. The van der Waals surface area contributed by atoms with E-state index in [1.165, 1.54) is 7.11 Å². The Morgan fingerprint density at radius 2 is 1.79 bits per heavy atom. The molecule has 19 heavy (non-hydrogen) atoms. The Morgan fingerprint density at radius 3 is 2.47 bits per heavy atom. The summed E-state index contributed by atoms with van der Waals surface area (Å²) in [4.78, 5) is 4.16. The van der Waals surface area contributed by atoms with Crippen molar-refractivity contribution in [3.05, 3.63) is 35.9 Å². The summed E-state index contributed by atoms with van der Waals surface area (Å²) in [6.45, 7) is 1.98. The average molecular weight is 260 g/mol. The van der Waals surface area contributed by atoms with Crippen LogP contribution in [0.1, 0.15) is 5.56 Å². The molecule has 0 saturated carbocycles.